The zero-order valence-corrected chi connectivity index (χ0v) is 20.4. The highest BCUT2D eigenvalue weighted by Crippen LogP contribution is 2.33. The average molecular weight is 462 g/mol. The molecule has 1 aliphatic heterocycles. The second kappa shape index (κ2) is 9.77. The van der Waals surface area contributed by atoms with Crippen LogP contribution in [0.2, 0.25) is 0 Å². The van der Waals surface area contributed by atoms with Crippen LogP contribution in [0.4, 0.5) is 11.6 Å². The van der Waals surface area contributed by atoms with E-state index >= 15 is 0 Å². The lowest BCUT2D eigenvalue weighted by Crippen LogP contribution is -2.59. The molecule has 0 radical (unpaired) electrons. The van der Waals surface area contributed by atoms with Gasteiger partial charge in [0.1, 0.15) is 0 Å². The van der Waals surface area contributed by atoms with Gasteiger partial charge in [0, 0.05) is 44.3 Å². The molecule has 1 aliphatic rings. The number of nitrogens with zero attached hydrogens (tertiary/aromatic N) is 7. The number of piperazine rings is 1. The van der Waals surface area contributed by atoms with Gasteiger partial charge in [-0.05, 0) is 38.0 Å². The third-order valence-corrected chi connectivity index (χ3v) is 6.87. The van der Waals surface area contributed by atoms with Gasteiger partial charge < -0.3 is 14.5 Å². The first kappa shape index (κ1) is 23.6. The van der Waals surface area contributed by atoms with Crippen LogP contribution < -0.4 is 15.3 Å². The van der Waals surface area contributed by atoms with E-state index in [0.717, 1.165) is 25.1 Å². The highest BCUT2D eigenvalue weighted by atomic mass is 16.5. The minimum Gasteiger partial charge on any atom is -0.481 e. The van der Waals surface area contributed by atoms with Crippen molar-refractivity contribution in [2.24, 2.45) is 7.05 Å². The number of ether oxygens (including phenoxy) is 1. The third-order valence-electron chi connectivity index (χ3n) is 6.87. The molecule has 4 rings (SSSR count). The van der Waals surface area contributed by atoms with Gasteiger partial charge in [-0.1, -0.05) is 26.5 Å². The van der Waals surface area contributed by atoms with E-state index in [2.05, 4.69) is 50.4 Å². The molecule has 1 fully saturated rings. The first-order chi connectivity index (χ1) is 16.4. The molecule has 4 heterocycles. The third kappa shape index (κ3) is 4.21. The van der Waals surface area contributed by atoms with Crippen molar-refractivity contribution in [3.8, 4) is 5.88 Å². The molecular formula is C25H31N7O2. The number of fused-ring (bicyclic) bond motifs is 1. The lowest BCUT2D eigenvalue weighted by atomic mass is 9.98. The summed E-state index contributed by atoms with van der Waals surface area (Å²) < 4.78 is 6.83. The van der Waals surface area contributed by atoms with E-state index in [1.807, 2.05) is 18.2 Å². The summed E-state index contributed by atoms with van der Waals surface area (Å²) in [4.78, 5) is 34.6. The minimum atomic E-state index is -0.320. The molecule has 3 aromatic rings. The Kier molecular flexibility index (Phi) is 6.80. The minimum absolute atomic E-state index is 0.108. The van der Waals surface area contributed by atoms with Crippen LogP contribution in [0.15, 0.2) is 35.1 Å². The Balaban J connectivity index is 1.75. The molecule has 0 N–H and O–H groups in total. The van der Waals surface area contributed by atoms with Crippen LogP contribution in [0.3, 0.4) is 0 Å². The molecule has 3 aromatic heterocycles. The summed E-state index contributed by atoms with van der Waals surface area (Å²) >= 11 is 0. The highest BCUT2D eigenvalue weighted by molar-refractivity contribution is 5.87. The zero-order valence-electron chi connectivity index (χ0n) is 20.4. The molecule has 34 heavy (non-hydrogen) atoms. The number of anilines is 1. The molecule has 0 amide bonds. The van der Waals surface area contributed by atoms with Crippen LogP contribution in [-0.4, -0.2) is 56.7 Å². The Morgan fingerprint density at radius 2 is 1.88 bits per heavy atom. The van der Waals surface area contributed by atoms with E-state index in [1.54, 1.807) is 26.3 Å². The van der Waals surface area contributed by atoms with E-state index in [0.29, 0.717) is 35.1 Å². The monoisotopic (exact) mass is 461 g/mol. The summed E-state index contributed by atoms with van der Waals surface area (Å²) in [6.45, 7) is 15.4. The predicted molar refractivity (Wildman–Crippen MR) is 132 cm³/mol. The lowest BCUT2D eigenvalue weighted by molar-refractivity contribution is 0.0984. The number of aromatic nitrogens is 4. The normalized spacial score (nSPS) is 19.7. The van der Waals surface area contributed by atoms with Gasteiger partial charge in [0.2, 0.25) is 11.4 Å². The zero-order chi connectivity index (χ0) is 24.4. The van der Waals surface area contributed by atoms with Crippen molar-refractivity contribution in [3.05, 3.63) is 57.9 Å². The largest absolute Gasteiger partial charge is 0.481 e. The second-order valence-electron chi connectivity index (χ2n) is 8.68. The number of aryl methyl sites for hydroxylation is 1. The van der Waals surface area contributed by atoms with E-state index in [4.69, 9.17) is 11.3 Å². The maximum absolute atomic E-state index is 12.7. The van der Waals surface area contributed by atoms with Crippen LogP contribution >= 0.6 is 0 Å². The van der Waals surface area contributed by atoms with Crippen LogP contribution in [0.25, 0.3) is 15.9 Å². The molecular weight excluding hydrogens is 430 g/mol. The molecule has 0 aliphatic carbocycles. The molecule has 3 atom stereocenters. The number of hydrogen-bond acceptors (Lipinski definition) is 7. The molecule has 9 heteroatoms. The maximum Gasteiger partial charge on any atom is 0.350 e. The number of hydrogen-bond donors (Lipinski definition) is 0. The van der Waals surface area contributed by atoms with Crippen molar-refractivity contribution in [3.63, 3.8) is 0 Å². The Hall–Kier alpha value is -3.51. The summed E-state index contributed by atoms with van der Waals surface area (Å²) in [6, 6.07) is 9.78. The number of methoxy groups -OCH3 is 1. The van der Waals surface area contributed by atoms with Crippen LogP contribution in [-0.2, 0) is 7.05 Å². The molecule has 0 bridgehead atoms. The van der Waals surface area contributed by atoms with Gasteiger partial charge in [0.25, 0.3) is 5.82 Å². The van der Waals surface area contributed by atoms with Gasteiger partial charge >= 0.3 is 5.69 Å². The van der Waals surface area contributed by atoms with Crippen molar-refractivity contribution in [2.45, 2.75) is 51.7 Å². The fourth-order valence-corrected chi connectivity index (χ4v) is 4.83. The fraction of sp³-hybridized carbons (Fsp3) is 0.480. The summed E-state index contributed by atoms with van der Waals surface area (Å²) in [5, 5.41) is 0. The predicted octanol–water partition coefficient (Wildman–Crippen LogP) is 3.72. The standard InChI is InChI=1S/C25H31N7O2/c1-7-17-15-32(24-23-20(30(5)25(33)29-24)12-13-21(26-4)28-23)18(8-2)14-31(17)16(3)19-10-9-11-22(27-19)34-6/h9-13,16-18H,7-8,14-15H2,1-3,5-6H3/t16?,17-,18+/m1/s1. The Morgan fingerprint density at radius 3 is 2.56 bits per heavy atom. The molecule has 1 saturated heterocycles. The number of pyridine rings is 2. The van der Waals surface area contributed by atoms with E-state index in [-0.39, 0.29) is 23.8 Å². The van der Waals surface area contributed by atoms with Crippen molar-refractivity contribution in [2.75, 3.05) is 25.1 Å². The molecule has 178 valence electrons. The van der Waals surface area contributed by atoms with Crippen molar-refractivity contribution in [1.82, 2.24) is 24.4 Å². The summed E-state index contributed by atoms with van der Waals surface area (Å²) in [5.41, 5.74) is 1.93. The molecule has 0 saturated carbocycles. The molecule has 0 aromatic carbocycles. The molecule has 0 spiro atoms. The smallest absolute Gasteiger partial charge is 0.350 e. The van der Waals surface area contributed by atoms with Crippen molar-refractivity contribution < 1.29 is 4.74 Å². The van der Waals surface area contributed by atoms with E-state index in [9.17, 15) is 4.79 Å². The van der Waals surface area contributed by atoms with Gasteiger partial charge in [-0.15, -0.1) is 4.98 Å². The lowest BCUT2D eigenvalue weighted by Gasteiger charge is -2.48. The summed E-state index contributed by atoms with van der Waals surface area (Å²) in [5.74, 6) is 1.48. The number of rotatable bonds is 6. The maximum atomic E-state index is 12.7. The Bertz CT molecular complexity index is 1280. The van der Waals surface area contributed by atoms with Crippen LogP contribution in [0.1, 0.15) is 45.3 Å². The van der Waals surface area contributed by atoms with E-state index < -0.39 is 0 Å². The topological polar surface area (TPSA) is 80.7 Å². The van der Waals surface area contributed by atoms with Crippen molar-refractivity contribution >= 4 is 22.7 Å². The van der Waals surface area contributed by atoms with Gasteiger partial charge in [0.15, 0.2) is 5.82 Å². The Labute approximate surface area is 199 Å². The van der Waals surface area contributed by atoms with Crippen molar-refractivity contribution in [1.29, 1.82) is 0 Å². The summed E-state index contributed by atoms with van der Waals surface area (Å²) in [6.07, 6.45) is 1.82. The average Bonchev–Trinajstić information content (AvgIpc) is 2.89. The van der Waals surface area contributed by atoms with Gasteiger partial charge in [-0.2, -0.15) is 4.98 Å². The quantitative estimate of drug-likeness (QED) is 0.518. The van der Waals surface area contributed by atoms with Crippen LogP contribution in [0, 0.1) is 6.57 Å². The van der Waals surface area contributed by atoms with E-state index in [1.165, 1.54) is 4.57 Å². The fourth-order valence-electron chi connectivity index (χ4n) is 4.83. The first-order valence-corrected chi connectivity index (χ1v) is 11.7. The Morgan fingerprint density at radius 1 is 1.12 bits per heavy atom. The molecule has 9 nitrogen and oxygen atoms in total. The van der Waals surface area contributed by atoms with Gasteiger partial charge in [-0.3, -0.25) is 9.47 Å². The van der Waals surface area contributed by atoms with Gasteiger partial charge in [0.05, 0.1) is 18.3 Å². The first-order valence-electron chi connectivity index (χ1n) is 11.7. The highest BCUT2D eigenvalue weighted by Gasteiger charge is 2.37. The van der Waals surface area contributed by atoms with Crippen LogP contribution in [0.5, 0.6) is 5.88 Å². The SMILES string of the molecule is [C-]#[N+]c1ccc2c(n1)c(N1C[C@@H](CC)N(C(C)c3cccc(OC)n3)C[C@@H]1CC)nc(=O)n2C. The second-order valence-corrected chi connectivity index (χ2v) is 8.68. The van der Waals surface area contributed by atoms with Gasteiger partial charge in [-0.25, -0.2) is 9.78 Å². The molecule has 1 unspecified atom stereocenters. The summed E-state index contributed by atoms with van der Waals surface area (Å²) in [7, 11) is 3.32.